The van der Waals surface area contributed by atoms with Gasteiger partial charge in [-0.3, -0.25) is 0 Å². The number of fused-ring (bicyclic) bond motifs is 9. The summed E-state index contributed by atoms with van der Waals surface area (Å²) >= 11 is 0. The Morgan fingerprint density at radius 3 is 1.62 bits per heavy atom. The lowest BCUT2D eigenvalue weighted by Crippen LogP contribution is -1.97. The molecule has 3 heterocycles. The van der Waals surface area contributed by atoms with Crippen LogP contribution in [-0.2, 0) is 0 Å². The standard InChI is InChI=1S/C49H29N3O/c1-3-15-34-30(11-1)13-9-19-36(34)43-29-44(37-20-10-14-31-12-2-4-16-35(31)37)52-49(51-43)33-25-23-32(24-26-33)47-41-28-27-39-38-17-6-8-22-45(38)53-48(39)46(41)40-18-5-7-21-42(40)50-47/h1-29H. The van der Waals surface area contributed by atoms with Gasteiger partial charge in [0.25, 0.3) is 0 Å². The lowest BCUT2D eigenvalue weighted by atomic mass is 9.97. The average molecular weight is 676 g/mol. The van der Waals surface area contributed by atoms with E-state index in [-0.39, 0.29) is 0 Å². The number of aromatic nitrogens is 3. The van der Waals surface area contributed by atoms with Crippen LogP contribution in [0.3, 0.4) is 0 Å². The molecule has 0 saturated carbocycles. The van der Waals surface area contributed by atoms with Gasteiger partial charge in [0, 0.05) is 49.2 Å². The van der Waals surface area contributed by atoms with Gasteiger partial charge in [-0.25, -0.2) is 15.0 Å². The van der Waals surface area contributed by atoms with Gasteiger partial charge in [0.05, 0.1) is 22.6 Å². The second kappa shape index (κ2) is 11.7. The monoisotopic (exact) mass is 675 g/mol. The SMILES string of the molecule is c1ccc2c(-c3cc(-c4cccc5ccccc45)nc(-c4ccc(-c5nc6ccccc6c6c5ccc5c7ccccc7oc56)cc4)n3)cccc2c1. The first-order valence-electron chi connectivity index (χ1n) is 17.9. The van der Waals surface area contributed by atoms with Gasteiger partial charge >= 0.3 is 0 Å². The van der Waals surface area contributed by atoms with Gasteiger partial charge in [-0.15, -0.1) is 0 Å². The Hall–Kier alpha value is -7.17. The van der Waals surface area contributed by atoms with E-state index in [0.717, 1.165) is 93.7 Å². The summed E-state index contributed by atoms with van der Waals surface area (Å²) in [6, 6.07) is 61.3. The van der Waals surface area contributed by atoms with Crippen molar-refractivity contribution in [2.24, 2.45) is 0 Å². The quantitative estimate of drug-likeness (QED) is 0.174. The van der Waals surface area contributed by atoms with Gasteiger partial charge < -0.3 is 4.42 Å². The smallest absolute Gasteiger partial charge is 0.160 e. The van der Waals surface area contributed by atoms with E-state index in [0.29, 0.717) is 5.82 Å². The molecule has 0 atom stereocenters. The fourth-order valence-electron chi connectivity index (χ4n) is 7.96. The van der Waals surface area contributed by atoms with Crippen LogP contribution in [0.5, 0.6) is 0 Å². The molecule has 0 aliphatic rings. The highest BCUT2D eigenvalue weighted by Crippen LogP contribution is 2.41. The molecule has 11 rings (SSSR count). The van der Waals surface area contributed by atoms with Crippen molar-refractivity contribution in [3.8, 4) is 45.2 Å². The summed E-state index contributed by atoms with van der Waals surface area (Å²) in [6.45, 7) is 0. The number of nitrogens with zero attached hydrogens (tertiary/aromatic N) is 3. The Kier molecular flexibility index (Phi) is 6.52. The van der Waals surface area contributed by atoms with Crippen LogP contribution in [0.25, 0.3) is 110 Å². The summed E-state index contributed by atoms with van der Waals surface area (Å²) in [7, 11) is 0. The molecule has 0 aliphatic carbocycles. The van der Waals surface area contributed by atoms with Crippen molar-refractivity contribution in [1.29, 1.82) is 0 Å². The second-order valence-corrected chi connectivity index (χ2v) is 13.5. The maximum absolute atomic E-state index is 6.55. The van der Waals surface area contributed by atoms with Gasteiger partial charge in [-0.2, -0.15) is 0 Å². The van der Waals surface area contributed by atoms with Crippen LogP contribution in [0.2, 0.25) is 0 Å². The van der Waals surface area contributed by atoms with E-state index >= 15 is 0 Å². The molecule has 0 N–H and O–H groups in total. The Bertz CT molecular complexity index is 3130. The van der Waals surface area contributed by atoms with Crippen LogP contribution in [0.1, 0.15) is 0 Å². The molecule has 0 radical (unpaired) electrons. The van der Waals surface area contributed by atoms with E-state index in [4.69, 9.17) is 19.4 Å². The molecule has 3 aromatic heterocycles. The largest absolute Gasteiger partial charge is 0.455 e. The first-order valence-corrected chi connectivity index (χ1v) is 17.9. The summed E-state index contributed by atoms with van der Waals surface area (Å²) in [4.78, 5) is 15.7. The maximum Gasteiger partial charge on any atom is 0.160 e. The third-order valence-electron chi connectivity index (χ3n) is 10.5. The zero-order valence-electron chi connectivity index (χ0n) is 28.5. The summed E-state index contributed by atoms with van der Waals surface area (Å²) in [5, 5.41) is 10.1. The zero-order valence-corrected chi connectivity index (χ0v) is 28.5. The Morgan fingerprint density at radius 1 is 0.377 bits per heavy atom. The number of hydrogen-bond donors (Lipinski definition) is 0. The predicted octanol–water partition coefficient (Wildman–Crippen LogP) is 13.1. The van der Waals surface area contributed by atoms with E-state index in [1.54, 1.807) is 0 Å². The number of para-hydroxylation sites is 2. The molecule has 0 amide bonds. The van der Waals surface area contributed by atoms with Gasteiger partial charge in [0.2, 0.25) is 0 Å². The zero-order chi connectivity index (χ0) is 34.9. The average Bonchev–Trinajstić information content (AvgIpc) is 3.62. The van der Waals surface area contributed by atoms with Crippen molar-refractivity contribution >= 4 is 65.2 Å². The first-order chi connectivity index (χ1) is 26.3. The van der Waals surface area contributed by atoms with Crippen LogP contribution in [0.4, 0.5) is 0 Å². The minimum absolute atomic E-state index is 0.672. The fourth-order valence-corrected chi connectivity index (χ4v) is 7.96. The van der Waals surface area contributed by atoms with E-state index in [1.807, 2.05) is 18.2 Å². The lowest BCUT2D eigenvalue weighted by molar-refractivity contribution is 0.673. The Morgan fingerprint density at radius 2 is 0.925 bits per heavy atom. The molecule has 0 unspecified atom stereocenters. The molecule has 53 heavy (non-hydrogen) atoms. The summed E-state index contributed by atoms with van der Waals surface area (Å²) in [5.41, 5.74) is 9.48. The highest BCUT2D eigenvalue weighted by molar-refractivity contribution is 6.24. The Labute approximate surface area is 304 Å². The van der Waals surface area contributed by atoms with Crippen LogP contribution >= 0.6 is 0 Å². The molecule has 0 fully saturated rings. The highest BCUT2D eigenvalue weighted by Gasteiger charge is 2.18. The Balaban J connectivity index is 1.10. The number of hydrogen-bond acceptors (Lipinski definition) is 4. The predicted molar refractivity (Wildman–Crippen MR) is 219 cm³/mol. The number of benzene rings is 8. The van der Waals surface area contributed by atoms with Crippen molar-refractivity contribution in [3.05, 3.63) is 176 Å². The summed E-state index contributed by atoms with van der Waals surface area (Å²) in [5.74, 6) is 0.672. The van der Waals surface area contributed by atoms with Gasteiger partial charge in [-0.1, -0.05) is 152 Å². The topological polar surface area (TPSA) is 51.8 Å². The second-order valence-electron chi connectivity index (χ2n) is 13.5. The molecule has 246 valence electrons. The van der Waals surface area contributed by atoms with Crippen molar-refractivity contribution in [3.63, 3.8) is 0 Å². The van der Waals surface area contributed by atoms with E-state index < -0.39 is 0 Å². The lowest BCUT2D eigenvalue weighted by Gasteiger charge is -2.13. The molecule has 0 spiro atoms. The van der Waals surface area contributed by atoms with Crippen molar-refractivity contribution in [2.75, 3.05) is 0 Å². The first kappa shape index (κ1) is 29.5. The van der Waals surface area contributed by atoms with Crippen LogP contribution < -0.4 is 0 Å². The molecular weight excluding hydrogens is 647 g/mol. The summed E-state index contributed by atoms with van der Waals surface area (Å²) < 4.78 is 6.55. The highest BCUT2D eigenvalue weighted by atomic mass is 16.3. The van der Waals surface area contributed by atoms with Crippen molar-refractivity contribution < 1.29 is 4.42 Å². The molecule has 4 nitrogen and oxygen atoms in total. The third kappa shape index (κ3) is 4.73. The normalized spacial score (nSPS) is 11.8. The number of pyridine rings is 1. The minimum atomic E-state index is 0.672. The summed E-state index contributed by atoms with van der Waals surface area (Å²) in [6.07, 6.45) is 0. The molecule has 4 heteroatoms. The van der Waals surface area contributed by atoms with Crippen LogP contribution in [0.15, 0.2) is 180 Å². The van der Waals surface area contributed by atoms with E-state index in [2.05, 4.69) is 158 Å². The third-order valence-corrected chi connectivity index (χ3v) is 10.5. The minimum Gasteiger partial charge on any atom is -0.455 e. The van der Waals surface area contributed by atoms with Gasteiger partial charge in [0.1, 0.15) is 11.2 Å². The molecule has 0 aliphatic heterocycles. The van der Waals surface area contributed by atoms with Crippen molar-refractivity contribution in [1.82, 2.24) is 15.0 Å². The molecule has 8 aromatic carbocycles. The molecule has 11 aromatic rings. The molecular formula is C49H29N3O. The number of rotatable bonds is 4. The van der Waals surface area contributed by atoms with Crippen molar-refractivity contribution in [2.45, 2.75) is 0 Å². The van der Waals surface area contributed by atoms with Crippen LogP contribution in [0, 0.1) is 0 Å². The van der Waals surface area contributed by atoms with E-state index in [9.17, 15) is 0 Å². The van der Waals surface area contributed by atoms with Crippen LogP contribution in [-0.4, -0.2) is 15.0 Å². The number of furan rings is 1. The van der Waals surface area contributed by atoms with Gasteiger partial charge in [0.15, 0.2) is 5.82 Å². The van der Waals surface area contributed by atoms with E-state index in [1.165, 1.54) is 10.8 Å². The molecule has 0 saturated heterocycles. The van der Waals surface area contributed by atoms with Gasteiger partial charge in [-0.05, 0) is 45.8 Å². The fraction of sp³-hybridized carbons (Fsp3) is 0. The maximum atomic E-state index is 6.55. The molecule has 0 bridgehead atoms.